The van der Waals surface area contributed by atoms with E-state index in [1.54, 1.807) is 0 Å². The summed E-state index contributed by atoms with van der Waals surface area (Å²) in [4.78, 5) is 11.1. The molecule has 0 aromatic heterocycles. The van der Waals surface area contributed by atoms with Crippen molar-refractivity contribution in [1.82, 2.24) is 4.90 Å². The van der Waals surface area contributed by atoms with E-state index in [0.29, 0.717) is 0 Å². The number of fused-ring (bicyclic) bond motifs is 1. The van der Waals surface area contributed by atoms with Crippen LogP contribution in [0, 0.1) is 0 Å². The molecule has 0 aliphatic carbocycles. The van der Waals surface area contributed by atoms with Crippen LogP contribution >= 0.6 is 0 Å². The number of aryl methyl sites for hydroxylation is 2. The SMILES string of the molecule is CC=O.CCCCCc1ccc2cc(-c3ccc(CCCN(C)C)cc3)ccc2c1. The Kier molecular flexibility index (Phi) is 10.3. The van der Waals surface area contributed by atoms with E-state index < -0.39 is 0 Å². The first kappa shape index (κ1) is 23.8. The second kappa shape index (κ2) is 13.0. The van der Waals surface area contributed by atoms with Gasteiger partial charge in [0.05, 0.1) is 0 Å². The third-order valence-electron chi connectivity index (χ3n) is 5.33. The highest BCUT2D eigenvalue weighted by atomic mass is 16.1. The predicted molar refractivity (Wildman–Crippen MR) is 131 cm³/mol. The summed E-state index contributed by atoms with van der Waals surface area (Å²) < 4.78 is 0. The number of carbonyl (C=O) groups is 1. The number of nitrogens with zero attached hydrogens (tertiary/aromatic N) is 1. The van der Waals surface area contributed by atoms with Crippen LogP contribution in [0.2, 0.25) is 0 Å². The Balaban J connectivity index is 0.00000101. The van der Waals surface area contributed by atoms with Crippen LogP contribution in [-0.4, -0.2) is 31.8 Å². The zero-order valence-corrected chi connectivity index (χ0v) is 19.2. The lowest BCUT2D eigenvalue weighted by atomic mass is 9.97. The normalized spacial score (nSPS) is 10.7. The number of hydrogen-bond donors (Lipinski definition) is 0. The summed E-state index contributed by atoms with van der Waals surface area (Å²) in [6, 6.07) is 22.9. The highest BCUT2D eigenvalue weighted by Gasteiger charge is 2.03. The van der Waals surface area contributed by atoms with Gasteiger partial charge in [0.15, 0.2) is 0 Å². The lowest BCUT2D eigenvalue weighted by Crippen LogP contribution is -2.13. The average molecular weight is 404 g/mol. The van der Waals surface area contributed by atoms with Crippen molar-refractivity contribution in [2.45, 2.75) is 52.4 Å². The Hall–Kier alpha value is -2.45. The van der Waals surface area contributed by atoms with E-state index in [0.717, 1.165) is 19.3 Å². The molecular weight excluding hydrogens is 366 g/mol. The maximum atomic E-state index is 8.81. The average Bonchev–Trinajstić information content (AvgIpc) is 2.74. The van der Waals surface area contributed by atoms with Crippen LogP contribution in [-0.2, 0) is 17.6 Å². The molecule has 0 fully saturated rings. The monoisotopic (exact) mass is 403 g/mol. The summed E-state index contributed by atoms with van der Waals surface area (Å²) in [5, 5.41) is 2.69. The standard InChI is InChI=1S/C26H33N.C2H4O/c1-4-5-6-8-22-12-15-26-20-25(17-16-24(26)19-22)23-13-10-21(11-14-23)9-7-18-27(2)3;1-2-3/h10-17,19-20H,4-9,18H2,1-3H3;2H,1H3. The molecule has 0 saturated heterocycles. The first-order valence-corrected chi connectivity index (χ1v) is 11.2. The van der Waals surface area contributed by atoms with Gasteiger partial charge in [-0.1, -0.05) is 74.4 Å². The molecule has 0 atom stereocenters. The van der Waals surface area contributed by atoms with Crippen LogP contribution in [0.25, 0.3) is 21.9 Å². The van der Waals surface area contributed by atoms with Gasteiger partial charge >= 0.3 is 0 Å². The highest BCUT2D eigenvalue weighted by molar-refractivity contribution is 5.87. The van der Waals surface area contributed by atoms with Crippen LogP contribution in [0.1, 0.15) is 50.7 Å². The maximum absolute atomic E-state index is 8.81. The first-order chi connectivity index (χ1) is 14.6. The van der Waals surface area contributed by atoms with Crippen molar-refractivity contribution < 1.29 is 4.79 Å². The van der Waals surface area contributed by atoms with E-state index >= 15 is 0 Å². The van der Waals surface area contributed by atoms with Gasteiger partial charge in [-0.15, -0.1) is 0 Å². The van der Waals surface area contributed by atoms with Gasteiger partial charge in [0, 0.05) is 0 Å². The summed E-state index contributed by atoms with van der Waals surface area (Å²) in [6.45, 7) is 4.85. The molecule has 0 aliphatic heterocycles. The molecule has 0 N–H and O–H groups in total. The van der Waals surface area contributed by atoms with Crippen LogP contribution in [0.5, 0.6) is 0 Å². The minimum Gasteiger partial charge on any atom is -0.309 e. The van der Waals surface area contributed by atoms with Crippen molar-refractivity contribution in [3.8, 4) is 11.1 Å². The third kappa shape index (κ3) is 7.76. The van der Waals surface area contributed by atoms with Crippen molar-refractivity contribution in [2.24, 2.45) is 0 Å². The van der Waals surface area contributed by atoms with Crippen LogP contribution in [0.4, 0.5) is 0 Å². The first-order valence-electron chi connectivity index (χ1n) is 11.2. The molecule has 160 valence electrons. The van der Waals surface area contributed by atoms with E-state index in [-0.39, 0.29) is 0 Å². The molecule has 0 heterocycles. The predicted octanol–water partition coefficient (Wildman–Crippen LogP) is 6.94. The van der Waals surface area contributed by atoms with Crippen LogP contribution in [0.3, 0.4) is 0 Å². The minimum absolute atomic E-state index is 0.750. The summed E-state index contributed by atoms with van der Waals surface area (Å²) in [5.74, 6) is 0. The molecule has 2 heteroatoms. The second-order valence-corrected chi connectivity index (χ2v) is 8.19. The molecule has 30 heavy (non-hydrogen) atoms. The van der Waals surface area contributed by atoms with Gasteiger partial charge in [-0.05, 0) is 92.3 Å². The quantitative estimate of drug-likeness (QED) is 0.285. The molecule has 0 saturated carbocycles. The number of unbranched alkanes of at least 4 members (excludes halogenated alkanes) is 2. The summed E-state index contributed by atoms with van der Waals surface area (Å²) in [7, 11) is 4.27. The van der Waals surface area contributed by atoms with Crippen LogP contribution < -0.4 is 0 Å². The molecule has 3 rings (SSSR count). The minimum atomic E-state index is 0.750. The smallest absolute Gasteiger partial charge is 0.116 e. The fourth-order valence-corrected chi connectivity index (χ4v) is 3.67. The summed E-state index contributed by atoms with van der Waals surface area (Å²) in [5.41, 5.74) is 5.50. The number of aldehydes is 1. The molecule has 0 amide bonds. The summed E-state index contributed by atoms with van der Waals surface area (Å²) in [6.07, 6.45) is 8.20. The van der Waals surface area contributed by atoms with Crippen molar-refractivity contribution in [3.05, 3.63) is 71.8 Å². The van der Waals surface area contributed by atoms with E-state index in [1.165, 1.54) is 72.1 Å². The summed E-state index contributed by atoms with van der Waals surface area (Å²) >= 11 is 0. The number of carbonyl (C=O) groups excluding carboxylic acids is 1. The number of benzene rings is 3. The fourth-order valence-electron chi connectivity index (χ4n) is 3.67. The molecule has 3 aromatic rings. The Morgan fingerprint density at radius 1 is 0.733 bits per heavy atom. The van der Waals surface area contributed by atoms with Gasteiger partial charge in [-0.2, -0.15) is 0 Å². The van der Waals surface area contributed by atoms with E-state index in [4.69, 9.17) is 4.79 Å². The molecule has 2 nitrogen and oxygen atoms in total. The third-order valence-corrected chi connectivity index (χ3v) is 5.33. The van der Waals surface area contributed by atoms with Crippen LogP contribution in [0.15, 0.2) is 60.7 Å². The van der Waals surface area contributed by atoms with Gasteiger partial charge in [-0.3, -0.25) is 0 Å². The zero-order valence-electron chi connectivity index (χ0n) is 19.2. The Labute approximate surface area is 182 Å². The molecule has 0 bridgehead atoms. The number of hydrogen-bond acceptors (Lipinski definition) is 2. The Morgan fingerprint density at radius 2 is 1.30 bits per heavy atom. The number of rotatable bonds is 9. The van der Waals surface area contributed by atoms with Crippen molar-refractivity contribution in [2.75, 3.05) is 20.6 Å². The molecular formula is C28H37NO. The van der Waals surface area contributed by atoms with Gasteiger partial charge < -0.3 is 9.69 Å². The largest absolute Gasteiger partial charge is 0.309 e. The molecule has 3 aromatic carbocycles. The van der Waals surface area contributed by atoms with Crippen molar-refractivity contribution in [3.63, 3.8) is 0 Å². The van der Waals surface area contributed by atoms with Gasteiger partial charge in [0.1, 0.15) is 6.29 Å². The van der Waals surface area contributed by atoms with Crippen molar-refractivity contribution in [1.29, 1.82) is 0 Å². The van der Waals surface area contributed by atoms with Crippen molar-refractivity contribution >= 4 is 17.1 Å². The van der Waals surface area contributed by atoms with E-state index in [9.17, 15) is 0 Å². The van der Waals surface area contributed by atoms with Gasteiger partial charge in [0.25, 0.3) is 0 Å². The lowest BCUT2D eigenvalue weighted by molar-refractivity contribution is -0.106. The highest BCUT2D eigenvalue weighted by Crippen LogP contribution is 2.26. The fraction of sp³-hybridized carbons (Fsp3) is 0.393. The lowest BCUT2D eigenvalue weighted by Gasteiger charge is -2.10. The van der Waals surface area contributed by atoms with E-state index in [1.807, 2.05) is 0 Å². The molecule has 0 radical (unpaired) electrons. The van der Waals surface area contributed by atoms with E-state index in [2.05, 4.69) is 86.6 Å². The van der Waals surface area contributed by atoms with Gasteiger partial charge in [0.2, 0.25) is 0 Å². The molecule has 0 aliphatic rings. The maximum Gasteiger partial charge on any atom is 0.116 e. The Bertz CT molecular complexity index is 896. The second-order valence-electron chi connectivity index (χ2n) is 8.19. The molecule has 0 unspecified atom stereocenters. The topological polar surface area (TPSA) is 20.3 Å². The Morgan fingerprint density at radius 3 is 1.97 bits per heavy atom. The van der Waals surface area contributed by atoms with Gasteiger partial charge in [-0.25, -0.2) is 0 Å². The zero-order chi connectivity index (χ0) is 21.8. The molecule has 0 spiro atoms.